The molecule has 0 aromatic heterocycles. The molecule has 0 heterocycles. The topological polar surface area (TPSA) is 193 Å². The summed E-state index contributed by atoms with van der Waals surface area (Å²) in [6.45, 7) is 0. The standard InChI is InChI=1S/C7HCl2F3N2O4.C7H2ClF3N2O5.ClH.K/c8-4-2(7(10,11)12)1-3(13(15)16)5(9)6(4)14(17)18;8-4-2(7(9,10)11)1-3(12(15)16)6(14)5(4)13(17)18;;/h1H;1,14H;1H;/q;;;+1/p-1. The average molecular weight is 666 g/mol. The van der Waals surface area contributed by atoms with Crippen LogP contribution in [-0.2, 0) is 12.4 Å². The van der Waals surface area contributed by atoms with Crippen LogP contribution in [0.15, 0.2) is 12.1 Å². The van der Waals surface area contributed by atoms with Crippen LogP contribution in [0.4, 0.5) is 49.1 Å². The zero-order valence-electron chi connectivity index (χ0n) is 17.4. The summed E-state index contributed by atoms with van der Waals surface area (Å²) >= 11 is 15.6. The predicted molar refractivity (Wildman–Crippen MR) is 106 cm³/mol. The molecule has 0 spiro atoms. The number of nitro benzene ring substituents is 4. The number of phenols is 1. The molecule has 0 bridgehead atoms. The van der Waals surface area contributed by atoms with Gasteiger partial charge in [-0.1, -0.05) is 34.8 Å². The molecule has 0 aliphatic rings. The molecule has 0 atom stereocenters. The second-order valence-corrected chi connectivity index (χ2v) is 7.03. The molecular weight excluding hydrogens is 663 g/mol. The van der Waals surface area contributed by atoms with E-state index in [9.17, 15) is 66.8 Å². The monoisotopic (exact) mass is 664 g/mol. The van der Waals surface area contributed by atoms with Crippen molar-refractivity contribution < 1.29 is 115 Å². The van der Waals surface area contributed by atoms with Gasteiger partial charge in [0.25, 0.3) is 11.4 Å². The minimum absolute atomic E-state index is 0. The molecule has 2 rings (SSSR count). The number of benzene rings is 2. The molecule has 0 saturated carbocycles. The van der Waals surface area contributed by atoms with Gasteiger partial charge in [0.15, 0.2) is 5.02 Å². The Bertz CT molecular complexity index is 1200. The summed E-state index contributed by atoms with van der Waals surface area (Å²) in [4.78, 5) is 36.5. The van der Waals surface area contributed by atoms with Crippen LogP contribution in [0.5, 0.6) is 5.75 Å². The van der Waals surface area contributed by atoms with Crippen molar-refractivity contribution in [2.24, 2.45) is 0 Å². The molecular formula is C14H3Cl4F6KN4O9. The normalized spacial score (nSPS) is 10.8. The van der Waals surface area contributed by atoms with Gasteiger partial charge < -0.3 is 17.5 Å². The zero-order valence-corrected chi connectivity index (χ0v) is 23.6. The van der Waals surface area contributed by atoms with E-state index in [1.54, 1.807) is 0 Å². The van der Waals surface area contributed by atoms with E-state index in [0.717, 1.165) is 0 Å². The van der Waals surface area contributed by atoms with Gasteiger partial charge in [-0.15, -0.1) is 0 Å². The Morgan fingerprint density at radius 2 is 0.947 bits per heavy atom. The number of nitro groups is 4. The summed E-state index contributed by atoms with van der Waals surface area (Å²) in [6.07, 6.45) is -10.2. The van der Waals surface area contributed by atoms with Crippen molar-refractivity contribution >= 4 is 57.6 Å². The number of hydrogen-bond donors (Lipinski definition) is 1. The van der Waals surface area contributed by atoms with Crippen LogP contribution in [0.25, 0.3) is 0 Å². The molecule has 0 radical (unpaired) electrons. The molecule has 0 aliphatic heterocycles. The van der Waals surface area contributed by atoms with Crippen molar-refractivity contribution in [2.75, 3.05) is 0 Å². The number of aromatic hydroxyl groups is 1. The number of hydrogen-bond acceptors (Lipinski definition) is 9. The first-order valence-corrected chi connectivity index (χ1v) is 9.07. The van der Waals surface area contributed by atoms with Crippen LogP contribution in [-0.4, -0.2) is 24.8 Å². The van der Waals surface area contributed by atoms with Gasteiger partial charge in [-0.05, 0) is 0 Å². The number of rotatable bonds is 4. The first-order valence-electron chi connectivity index (χ1n) is 7.93. The van der Waals surface area contributed by atoms with Crippen LogP contribution in [0.1, 0.15) is 11.1 Å². The molecule has 2 aromatic rings. The maximum atomic E-state index is 12.5. The van der Waals surface area contributed by atoms with Crippen LogP contribution in [0.3, 0.4) is 0 Å². The molecule has 13 nitrogen and oxygen atoms in total. The first-order chi connectivity index (χ1) is 16.1. The SMILES string of the molecule is O=[N+]([O-])c1cc(C(F)(F)F)c(Cl)c([N+](=O)[O-])c1Cl.O=[N+]([O-])c1cc(C(F)(F)F)c(Cl)c([N+](=O)[O-])c1O.[Cl-].[K+]. The van der Waals surface area contributed by atoms with Crippen molar-refractivity contribution in [3.63, 3.8) is 0 Å². The maximum Gasteiger partial charge on any atom is 1.00 e. The minimum Gasteiger partial charge on any atom is -1.00 e. The van der Waals surface area contributed by atoms with Crippen molar-refractivity contribution in [3.05, 3.63) is 78.8 Å². The van der Waals surface area contributed by atoms with E-state index < -0.39 is 86.7 Å². The van der Waals surface area contributed by atoms with E-state index >= 15 is 0 Å². The summed E-state index contributed by atoms with van der Waals surface area (Å²) in [6, 6.07) is -0.0116. The van der Waals surface area contributed by atoms with Gasteiger partial charge >= 0.3 is 80.8 Å². The van der Waals surface area contributed by atoms with Crippen LogP contribution < -0.4 is 63.8 Å². The molecule has 0 aliphatic carbocycles. The average Bonchev–Trinajstić information content (AvgIpc) is 2.65. The van der Waals surface area contributed by atoms with Crippen molar-refractivity contribution in [3.8, 4) is 5.75 Å². The molecule has 24 heteroatoms. The molecule has 0 unspecified atom stereocenters. The Morgan fingerprint density at radius 1 is 0.632 bits per heavy atom. The van der Waals surface area contributed by atoms with E-state index in [0.29, 0.717) is 0 Å². The van der Waals surface area contributed by atoms with Gasteiger partial charge in [-0.2, -0.15) is 26.3 Å². The number of phenolic OH excluding ortho intramolecular Hbond substituents is 1. The maximum absolute atomic E-state index is 12.5. The summed E-state index contributed by atoms with van der Waals surface area (Å²) in [5.74, 6) is -1.52. The van der Waals surface area contributed by atoms with Crippen molar-refractivity contribution in [1.29, 1.82) is 0 Å². The molecule has 1 N–H and O–H groups in total. The second-order valence-electron chi connectivity index (χ2n) is 5.90. The Balaban J connectivity index is 0. The molecule has 0 saturated heterocycles. The fourth-order valence-electron chi connectivity index (χ4n) is 2.24. The Hall–Kier alpha value is -1.78. The predicted octanol–water partition coefficient (Wildman–Crippen LogP) is 0.717. The van der Waals surface area contributed by atoms with Crippen LogP contribution in [0.2, 0.25) is 15.1 Å². The third-order valence-electron chi connectivity index (χ3n) is 3.72. The van der Waals surface area contributed by atoms with Gasteiger partial charge in [-0.3, -0.25) is 40.5 Å². The van der Waals surface area contributed by atoms with Gasteiger partial charge in [0.05, 0.1) is 30.8 Å². The summed E-state index contributed by atoms with van der Waals surface area (Å²) in [7, 11) is 0. The quantitative estimate of drug-likeness (QED) is 0.212. The Kier molecular flexibility index (Phi) is 14.2. The van der Waals surface area contributed by atoms with E-state index in [4.69, 9.17) is 39.9 Å². The third kappa shape index (κ3) is 8.61. The van der Waals surface area contributed by atoms with Gasteiger partial charge in [-0.25, -0.2) is 0 Å². The first kappa shape index (κ1) is 38.4. The molecule has 0 fully saturated rings. The fourth-order valence-corrected chi connectivity index (χ4v) is 3.22. The van der Waals surface area contributed by atoms with E-state index in [1.165, 1.54) is 0 Å². The summed E-state index contributed by atoms with van der Waals surface area (Å²) in [5, 5.41) is 47.3. The molecule has 204 valence electrons. The van der Waals surface area contributed by atoms with E-state index in [2.05, 4.69) is 0 Å². The zero-order chi connectivity index (χ0) is 28.5. The van der Waals surface area contributed by atoms with Crippen LogP contribution >= 0.6 is 34.8 Å². The Labute approximate surface area is 267 Å². The van der Waals surface area contributed by atoms with Crippen molar-refractivity contribution in [2.45, 2.75) is 12.4 Å². The second kappa shape index (κ2) is 14.0. The van der Waals surface area contributed by atoms with Gasteiger partial charge in [0.2, 0.25) is 0 Å². The smallest absolute Gasteiger partial charge is 1.00 e. The summed E-state index contributed by atoms with van der Waals surface area (Å²) < 4.78 is 74.9. The largest absolute Gasteiger partial charge is 1.00 e. The van der Waals surface area contributed by atoms with E-state index in [-0.39, 0.29) is 75.9 Å². The van der Waals surface area contributed by atoms with E-state index in [1.807, 2.05) is 0 Å². The number of halogens is 10. The number of alkyl halides is 6. The molecule has 2 aromatic carbocycles. The third-order valence-corrected chi connectivity index (χ3v) is 4.86. The fraction of sp³-hybridized carbons (Fsp3) is 0.143. The van der Waals surface area contributed by atoms with Crippen molar-refractivity contribution in [1.82, 2.24) is 0 Å². The molecule has 38 heavy (non-hydrogen) atoms. The molecule has 0 amide bonds. The summed E-state index contributed by atoms with van der Waals surface area (Å²) in [5.41, 5.74) is -9.04. The van der Waals surface area contributed by atoms with Gasteiger partial charge in [0.1, 0.15) is 10.0 Å². The Morgan fingerprint density at radius 3 is 1.24 bits per heavy atom. The minimum atomic E-state index is -5.12. The number of nitrogens with zero attached hydrogens (tertiary/aromatic N) is 4. The van der Waals surface area contributed by atoms with Crippen LogP contribution in [0, 0.1) is 40.5 Å². The van der Waals surface area contributed by atoms with Gasteiger partial charge in [0, 0.05) is 12.1 Å².